The number of hydrogen-bond donors (Lipinski definition) is 2. The number of carbonyl (C=O) groups is 1. The fourth-order valence-electron chi connectivity index (χ4n) is 1.77. The Morgan fingerprint density at radius 1 is 1.60 bits per heavy atom. The van der Waals surface area contributed by atoms with Crippen molar-refractivity contribution in [2.45, 2.75) is 32.2 Å². The summed E-state index contributed by atoms with van der Waals surface area (Å²) in [6, 6.07) is 0.178. The summed E-state index contributed by atoms with van der Waals surface area (Å²) in [7, 11) is 0. The molecular formula is C11H15N3O. The van der Waals surface area contributed by atoms with Gasteiger partial charge >= 0.3 is 0 Å². The van der Waals surface area contributed by atoms with Gasteiger partial charge in [-0.25, -0.2) is 4.98 Å². The van der Waals surface area contributed by atoms with E-state index in [0.29, 0.717) is 6.42 Å². The summed E-state index contributed by atoms with van der Waals surface area (Å²) in [5, 5.41) is 3.34. The van der Waals surface area contributed by atoms with Crippen LogP contribution in [-0.2, 0) is 4.79 Å². The van der Waals surface area contributed by atoms with Crippen LogP contribution in [-0.4, -0.2) is 15.8 Å². The van der Waals surface area contributed by atoms with E-state index in [0.717, 1.165) is 24.4 Å². The Bertz CT molecular complexity index is 367. The molecular weight excluding hydrogens is 190 g/mol. The van der Waals surface area contributed by atoms with Gasteiger partial charge in [0, 0.05) is 30.6 Å². The molecule has 1 aromatic rings. The second kappa shape index (κ2) is 4.29. The Morgan fingerprint density at radius 2 is 2.47 bits per heavy atom. The third-order valence-electron chi connectivity index (χ3n) is 2.59. The molecule has 2 N–H and O–H groups in total. The van der Waals surface area contributed by atoms with E-state index in [-0.39, 0.29) is 11.8 Å². The highest BCUT2D eigenvalue weighted by Gasteiger charge is 2.17. The predicted molar refractivity (Wildman–Crippen MR) is 57.1 cm³/mol. The molecule has 0 aromatic carbocycles. The SMILES string of the molecule is CCC(NC1=CC(=O)CC1)c1ncc[nH]1. The molecule has 1 aliphatic carbocycles. The standard InChI is InChI=1S/C11H15N3O/c1-2-10(11-12-5-6-13-11)14-8-3-4-9(15)7-8/h5-7,10,14H,2-4H2,1H3,(H,12,13). The largest absolute Gasteiger partial charge is 0.378 e. The van der Waals surface area contributed by atoms with E-state index in [1.165, 1.54) is 0 Å². The minimum absolute atomic E-state index is 0.178. The van der Waals surface area contributed by atoms with Crippen molar-refractivity contribution in [2.75, 3.05) is 0 Å². The van der Waals surface area contributed by atoms with Gasteiger partial charge in [-0.3, -0.25) is 4.79 Å². The predicted octanol–water partition coefficient (Wildman–Crippen LogP) is 1.70. The lowest BCUT2D eigenvalue weighted by Gasteiger charge is -2.16. The molecule has 1 unspecified atom stereocenters. The molecule has 0 amide bonds. The minimum Gasteiger partial charge on any atom is -0.378 e. The van der Waals surface area contributed by atoms with Crippen molar-refractivity contribution in [3.63, 3.8) is 0 Å². The number of aromatic nitrogens is 2. The van der Waals surface area contributed by atoms with Gasteiger partial charge in [0.25, 0.3) is 0 Å². The number of rotatable bonds is 4. The number of ketones is 1. The van der Waals surface area contributed by atoms with Crippen LogP contribution < -0.4 is 5.32 Å². The van der Waals surface area contributed by atoms with Crippen LogP contribution in [0, 0.1) is 0 Å². The van der Waals surface area contributed by atoms with Crippen LogP contribution in [0.3, 0.4) is 0 Å². The molecule has 0 fully saturated rings. The average Bonchev–Trinajstić information content (AvgIpc) is 2.85. The molecule has 4 heteroatoms. The van der Waals surface area contributed by atoms with Gasteiger partial charge in [0.2, 0.25) is 0 Å². The van der Waals surface area contributed by atoms with Crippen LogP contribution in [0.1, 0.15) is 38.1 Å². The number of aromatic amines is 1. The molecule has 1 heterocycles. The van der Waals surface area contributed by atoms with Crippen LogP contribution in [0.15, 0.2) is 24.2 Å². The number of nitrogens with one attached hydrogen (secondary N) is 2. The highest BCUT2D eigenvalue weighted by atomic mass is 16.1. The Kier molecular flexibility index (Phi) is 2.85. The minimum atomic E-state index is 0.178. The van der Waals surface area contributed by atoms with Crippen molar-refractivity contribution >= 4 is 5.78 Å². The summed E-state index contributed by atoms with van der Waals surface area (Å²) in [6.07, 6.45) is 7.67. The first-order chi connectivity index (χ1) is 7.29. The molecule has 0 aliphatic heterocycles. The smallest absolute Gasteiger partial charge is 0.157 e. The van der Waals surface area contributed by atoms with Gasteiger partial charge in [0.15, 0.2) is 5.78 Å². The van der Waals surface area contributed by atoms with Crippen molar-refractivity contribution in [3.8, 4) is 0 Å². The first-order valence-electron chi connectivity index (χ1n) is 5.29. The monoisotopic (exact) mass is 205 g/mol. The van der Waals surface area contributed by atoms with Crippen LogP contribution >= 0.6 is 0 Å². The van der Waals surface area contributed by atoms with Crippen LogP contribution in [0.25, 0.3) is 0 Å². The normalized spacial score (nSPS) is 17.7. The van der Waals surface area contributed by atoms with Crippen molar-refractivity contribution in [1.29, 1.82) is 0 Å². The summed E-state index contributed by atoms with van der Waals surface area (Å²) < 4.78 is 0. The number of imidazole rings is 1. The summed E-state index contributed by atoms with van der Waals surface area (Å²) in [5.74, 6) is 1.14. The van der Waals surface area contributed by atoms with Gasteiger partial charge in [-0.15, -0.1) is 0 Å². The molecule has 1 aromatic heterocycles. The Labute approximate surface area is 88.8 Å². The fourth-order valence-corrected chi connectivity index (χ4v) is 1.77. The van der Waals surface area contributed by atoms with Crippen LogP contribution in [0.4, 0.5) is 0 Å². The summed E-state index contributed by atoms with van der Waals surface area (Å²) in [6.45, 7) is 2.09. The molecule has 0 spiro atoms. The third-order valence-corrected chi connectivity index (χ3v) is 2.59. The molecule has 0 saturated carbocycles. The van der Waals surface area contributed by atoms with Crippen molar-refractivity contribution in [2.24, 2.45) is 0 Å². The molecule has 15 heavy (non-hydrogen) atoms. The lowest BCUT2D eigenvalue weighted by atomic mass is 10.2. The molecule has 0 saturated heterocycles. The summed E-state index contributed by atoms with van der Waals surface area (Å²) in [4.78, 5) is 18.4. The zero-order chi connectivity index (χ0) is 10.7. The topological polar surface area (TPSA) is 57.8 Å². The number of hydrogen-bond acceptors (Lipinski definition) is 3. The lowest BCUT2D eigenvalue weighted by Crippen LogP contribution is -2.20. The maximum atomic E-state index is 11.1. The van der Waals surface area contributed by atoms with Gasteiger partial charge in [0.1, 0.15) is 5.82 Å². The van der Waals surface area contributed by atoms with E-state index < -0.39 is 0 Å². The Morgan fingerprint density at radius 3 is 3.00 bits per heavy atom. The highest BCUT2D eigenvalue weighted by Crippen LogP contribution is 2.19. The number of carbonyl (C=O) groups excluding carboxylic acids is 1. The Balaban J connectivity index is 2.03. The quantitative estimate of drug-likeness (QED) is 0.786. The number of nitrogens with zero attached hydrogens (tertiary/aromatic N) is 1. The average molecular weight is 205 g/mol. The second-order valence-corrected chi connectivity index (χ2v) is 3.72. The Hall–Kier alpha value is -1.58. The van der Waals surface area contributed by atoms with Crippen molar-refractivity contribution < 1.29 is 4.79 Å². The van der Waals surface area contributed by atoms with Crippen LogP contribution in [0.2, 0.25) is 0 Å². The molecule has 80 valence electrons. The summed E-state index contributed by atoms with van der Waals surface area (Å²) in [5.41, 5.74) is 1.03. The molecule has 0 radical (unpaired) electrons. The maximum absolute atomic E-state index is 11.1. The second-order valence-electron chi connectivity index (χ2n) is 3.72. The first-order valence-corrected chi connectivity index (χ1v) is 5.29. The number of allylic oxidation sites excluding steroid dienone is 2. The molecule has 2 rings (SSSR count). The molecule has 0 bridgehead atoms. The van der Waals surface area contributed by atoms with E-state index in [9.17, 15) is 4.79 Å². The zero-order valence-electron chi connectivity index (χ0n) is 8.79. The zero-order valence-corrected chi connectivity index (χ0v) is 8.79. The fraction of sp³-hybridized carbons (Fsp3) is 0.455. The third kappa shape index (κ3) is 2.26. The van der Waals surface area contributed by atoms with Gasteiger partial charge in [-0.2, -0.15) is 0 Å². The van der Waals surface area contributed by atoms with Gasteiger partial charge in [0.05, 0.1) is 6.04 Å². The van der Waals surface area contributed by atoms with Crippen molar-refractivity contribution in [1.82, 2.24) is 15.3 Å². The highest BCUT2D eigenvalue weighted by molar-refractivity contribution is 5.92. The lowest BCUT2D eigenvalue weighted by molar-refractivity contribution is -0.114. The van der Waals surface area contributed by atoms with E-state index in [1.54, 1.807) is 12.3 Å². The van der Waals surface area contributed by atoms with Gasteiger partial charge in [-0.05, 0) is 12.8 Å². The van der Waals surface area contributed by atoms with E-state index in [2.05, 4.69) is 22.2 Å². The first kappa shape index (κ1) is 9.96. The van der Waals surface area contributed by atoms with Crippen LogP contribution in [0.5, 0.6) is 0 Å². The number of H-pyrrole nitrogens is 1. The molecule has 4 nitrogen and oxygen atoms in total. The van der Waals surface area contributed by atoms with E-state index in [1.807, 2.05) is 6.20 Å². The molecule has 1 aliphatic rings. The molecule has 1 atom stereocenters. The van der Waals surface area contributed by atoms with Gasteiger partial charge < -0.3 is 10.3 Å². The van der Waals surface area contributed by atoms with E-state index >= 15 is 0 Å². The van der Waals surface area contributed by atoms with Gasteiger partial charge in [-0.1, -0.05) is 6.92 Å². The van der Waals surface area contributed by atoms with E-state index in [4.69, 9.17) is 0 Å². The summed E-state index contributed by atoms with van der Waals surface area (Å²) >= 11 is 0. The maximum Gasteiger partial charge on any atom is 0.157 e. The van der Waals surface area contributed by atoms with Crippen molar-refractivity contribution in [3.05, 3.63) is 30.0 Å².